The highest BCUT2D eigenvalue weighted by molar-refractivity contribution is 7.14. The lowest BCUT2D eigenvalue weighted by molar-refractivity contribution is 0.185. The lowest BCUT2D eigenvalue weighted by Gasteiger charge is -2.33. The second-order valence-corrected chi connectivity index (χ2v) is 7.46. The van der Waals surface area contributed by atoms with Crippen LogP contribution < -0.4 is 15.5 Å². The zero-order valence-electron chi connectivity index (χ0n) is 15.6. The minimum absolute atomic E-state index is 0.470. The van der Waals surface area contributed by atoms with Gasteiger partial charge in [-0.2, -0.15) is 0 Å². The highest BCUT2D eigenvalue weighted by Gasteiger charge is 2.20. The van der Waals surface area contributed by atoms with Gasteiger partial charge in [0.05, 0.1) is 11.6 Å². The van der Waals surface area contributed by atoms with Crippen LogP contribution in [0, 0.1) is 0 Å². The number of hydrogen-bond acceptors (Lipinski definition) is 4. The van der Waals surface area contributed by atoms with Gasteiger partial charge in [-0.25, -0.2) is 0 Å². The Labute approximate surface area is 160 Å². The average molecular weight is 373 g/mol. The van der Waals surface area contributed by atoms with E-state index >= 15 is 0 Å². The van der Waals surface area contributed by atoms with Gasteiger partial charge < -0.3 is 20.3 Å². The summed E-state index contributed by atoms with van der Waals surface area (Å²) in [6.07, 6.45) is 2.25. The van der Waals surface area contributed by atoms with Crippen LogP contribution in [-0.2, 0) is 17.9 Å². The van der Waals surface area contributed by atoms with Crippen LogP contribution in [0.3, 0.4) is 0 Å². The summed E-state index contributed by atoms with van der Waals surface area (Å²) >= 11 is 1.82. The number of nitrogens with one attached hydrogen (secondary N) is 2. The third-order valence-electron chi connectivity index (χ3n) is 4.64. The van der Waals surface area contributed by atoms with Crippen molar-refractivity contribution in [1.82, 2.24) is 10.6 Å². The lowest BCUT2D eigenvalue weighted by atomic mass is 10.1. The molecule has 2 aromatic rings. The van der Waals surface area contributed by atoms with Crippen molar-refractivity contribution < 1.29 is 4.74 Å². The molecule has 0 saturated carbocycles. The van der Waals surface area contributed by atoms with Crippen molar-refractivity contribution in [3.05, 3.63) is 52.9 Å². The third-order valence-corrected chi connectivity index (χ3v) is 5.57. The maximum absolute atomic E-state index is 5.21. The Morgan fingerprint density at radius 3 is 2.73 bits per heavy atom. The molecule has 1 aromatic heterocycles. The number of aliphatic imine (C=N–C) groups is 1. The van der Waals surface area contributed by atoms with Crippen molar-refractivity contribution in [2.45, 2.75) is 32.0 Å². The van der Waals surface area contributed by atoms with Gasteiger partial charge >= 0.3 is 0 Å². The first kappa shape index (κ1) is 18.7. The molecule has 0 atom stereocenters. The first-order chi connectivity index (χ1) is 12.8. The Kier molecular flexibility index (Phi) is 6.91. The molecule has 0 aliphatic carbocycles. The van der Waals surface area contributed by atoms with E-state index in [1.165, 1.54) is 16.1 Å². The fourth-order valence-electron chi connectivity index (χ4n) is 3.26. The van der Waals surface area contributed by atoms with Crippen molar-refractivity contribution in [3.8, 4) is 0 Å². The number of thiophene rings is 1. The first-order valence-corrected chi connectivity index (χ1v) is 9.99. The average Bonchev–Trinajstić information content (AvgIpc) is 3.21. The normalized spacial score (nSPS) is 15.9. The van der Waals surface area contributed by atoms with Gasteiger partial charge in [0.1, 0.15) is 0 Å². The molecule has 0 amide bonds. The maximum Gasteiger partial charge on any atom is 0.191 e. The van der Waals surface area contributed by atoms with Crippen LogP contribution in [0.4, 0.5) is 5.00 Å². The Balaban J connectivity index is 1.46. The molecule has 1 aliphatic rings. The largest absolute Gasteiger partial charge is 0.380 e. The van der Waals surface area contributed by atoms with Gasteiger partial charge in [0.15, 0.2) is 5.96 Å². The highest BCUT2D eigenvalue weighted by atomic mass is 32.1. The van der Waals surface area contributed by atoms with Crippen LogP contribution in [0.15, 0.2) is 46.8 Å². The van der Waals surface area contributed by atoms with E-state index in [1.54, 1.807) is 7.11 Å². The number of anilines is 1. The smallest absolute Gasteiger partial charge is 0.191 e. The summed E-state index contributed by atoms with van der Waals surface area (Å²) in [4.78, 5) is 6.86. The summed E-state index contributed by atoms with van der Waals surface area (Å²) in [5.41, 5.74) is 2.42. The van der Waals surface area contributed by atoms with Crippen molar-refractivity contribution in [2.24, 2.45) is 4.99 Å². The highest BCUT2D eigenvalue weighted by Crippen LogP contribution is 2.24. The quantitative estimate of drug-likeness (QED) is 0.604. The number of piperidine rings is 1. The maximum atomic E-state index is 5.21. The van der Waals surface area contributed by atoms with E-state index in [-0.39, 0.29) is 0 Å². The first-order valence-electron chi connectivity index (χ1n) is 9.11. The molecule has 1 aliphatic heterocycles. The van der Waals surface area contributed by atoms with E-state index in [9.17, 15) is 0 Å². The summed E-state index contributed by atoms with van der Waals surface area (Å²) in [6.45, 7) is 3.58. The second kappa shape index (κ2) is 9.59. The molecule has 2 heterocycles. The van der Waals surface area contributed by atoms with E-state index in [4.69, 9.17) is 4.74 Å². The van der Waals surface area contributed by atoms with Crippen molar-refractivity contribution in [3.63, 3.8) is 0 Å². The molecule has 0 radical (unpaired) electrons. The fraction of sp³-hybridized carbons (Fsp3) is 0.450. The van der Waals surface area contributed by atoms with Gasteiger partial charge in [-0.3, -0.25) is 4.99 Å². The van der Waals surface area contributed by atoms with E-state index in [1.807, 2.05) is 18.4 Å². The summed E-state index contributed by atoms with van der Waals surface area (Å²) in [7, 11) is 3.55. The summed E-state index contributed by atoms with van der Waals surface area (Å²) in [5, 5.41) is 10.5. The minimum atomic E-state index is 0.470. The van der Waals surface area contributed by atoms with Crippen LogP contribution in [0.25, 0.3) is 0 Å². The van der Waals surface area contributed by atoms with Gasteiger partial charge in [0.25, 0.3) is 0 Å². The molecule has 0 spiro atoms. The predicted octanol–water partition coefficient (Wildman–Crippen LogP) is 3.23. The van der Waals surface area contributed by atoms with Gasteiger partial charge in [0.2, 0.25) is 0 Å². The van der Waals surface area contributed by atoms with Crippen LogP contribution >= 0.6 is 11.3 Å². The van der Waals surface area contributed by atoms with Gasteiger partial charge in [-0.05, 0) is 41.5 Å². The van der Waals surface area contributed by atoms with Gasteiger partial charge in [-0.1, -0.05) is 24.3 Å². The van der Waals surface area contributed by atoms with Gasteiger partial charge in [0, 0.05) is 39.8 Å². The Bertz CT molecular complexity index is 694. The monoisotopic (exact) mass is 372 g/mol. The van der Waals surface area contributed by atoms with Crippen molar-refractivity contribution >= 4 is 22.3 Å². The molecule has 5 nitrogen and oxygen atoms in total. The Morgan fingerprint density at radius 2 is 2.04 bits per heavy atom. The SMILES string of the molecule is CN=C(NCc1cccc(COC)c1)NC1CCN(c2cccs2)CC1. The molecular weight excluding hydrogens is 344 g/mol. The van der Waals surface area contributed by atoms with E-state index in [0.29, 0.717) is 12.6 Å². The van der Waals surface area contributed by atoms with E-state index < -0.39 is 0 Å². The zero-order chi connectivity index (χ0) is 18.2. The van der Waals surface area contributed by atoms with Crippen LogP contribution in [0.5, 0.6) is 0 Å². The molecule has 6 heteroatoms. The summed E-state index contributed by atoms with van der Waals surface area (Å²) < 4.78 is 5.21. The van der Waals surface area contributed by atoms with E-state index in [0.717, 1.165) is 38.4 Å². The molecule has 0 bridgehead atoms. The molecule has 140 valence electrons. The van der Waals surface area contributed by atoms with Crippen LogP contribution in [0.1, 0.15) is 24.0 Å². The number of methoxy groups -OCH3 is 1. The molecule has 26 heavy (non-hydrogen) atoms. The molecule has 1 saturated heterocycles. The predicted molar refractivity (Wildman–Crippen MR) is 110 cm³/mol. The summed E-state index contributed by atoms with van der Waals surface area (Å²) in [6, 6.07) is 13.2. The van der Waals surface area contributed by atoms with Gasteiger partial charge in [-0.15, -0.1) is 11.3 Å². The zero-order valence-corrected chi connectivity index (χ0v) is 16.4. The number of rotatable bonds is 6. The number of hydrogen-bond donors (Lipinski definition) is 2. The third kappa shape index (κ3) is 5.22. The summed E-state index contributed by atoms with van der Waals surface area (Å²) in [5.74, 6) is 0.872. The molecular formula is C20H28N4OS. The minimum Gasteiger partial charge on any atom is -0.380 e. The van der Waals surface area contributed by atoms with E-state index in [2.05, 4.69) is 62.3 Å². The Hall–Kier alpha value is -2.05. The van der Waals surface area contributed by atoms with Crippen molar-refractivity contribution in [1.29, 1.82) is 0 Å². The van der Waals surface area contributed by atoms with Crippen LogP contribution in [0.2, 0.25) is 0 Å². The molecule has 0 unspecified atom stereocenters. The number of guanidine groups is 1. The Morgan fingerprint density at radius 1 is 1.23 bits per heavy atom. The molecule has 1 fully saturated rings. The van der Waals surface area contributed by atoms with Crippen LogP contribution in [-0.4, -0.2) is 39.2 Å². The number of ether oxygens (including phenoxy) is 1. The number of nitrogens with zero attached hydrogens (tertiary/aromatic N) is 2. The molecule has 1 aromatic carbocycles. The number of benzene rings is 1. The van der Waals surface area contributed by atoms with Crippen molar-refractivity contribution in [2.75, 3.05) is 32.1 Å². The fourth-order valence-corrected chi connectivity index (χ4v) is 4.05. The molecule has 2 N–H and O–H groups in total. The molecule has 3 rings (SSSR count). The standard InChI is InChI=1S/C20H28N4OS/c1-21-20(22-14-16-5-3-6-17(13-16)15-25-2)23-18-8-10-24(11-9-18)19-7-4-12-26-19/h3-7,12-13,18H,8-11,14-15H2,1-2H3,(H2,21,22,23). The lowest BCUT2D eigenvalue weighted by Crippen LogP contribution is -2.48. The second-order valence-electron chi connectivity index (χ2n) is 6.54. The topological polar surface area (TPSA) is 48.9 Å².